The number of nitro groups is 1. The molecule has 1 aliphatic heterocycles. The normalized spacial score (nSPS) is 17.7. The number of aliphatic hydroxyl groups is 1. The summed E-state index contributed by atoms with van der Waals surface area (Å²) in [5.41, 5.74) is 1.54. The number of β-amino-alcohol motifs (C(OH)–C–C–N with tert-alkyl or cyclic N) is 1. The van der Waals surface area contributed by atoms with Crippen LogP contribution in [0.25, 0.3) is 0 Å². The third-order valence-electron chi connectivity index (χ3n) is 4.25. The van der Waals surface area contributed by atoms with Crippen molar-refractivity contribution >= 4 is 23.0 Å². The van der Waals surface area contributed by atoms with Gasteiger partial charge in [0, 0.05) is 44.9 Å². The number of non-ortho nitro benzene ring substituents is 1. The number of hydrogen-bond donors (Lipinski definition) is 2. The molecule has 1 aliphatic rings. The standard InChI is InChI=1S/C16H24ClN3O4/c1-11-7-13(20(22)23)8-15(17)16(11)18-12-3-5-19(6-4-12)9-14(21)10-24-2/h7-8,12,14,18,21H,3-6,9-10H2,1-2H3. The number of aliphatic hydroxyl groups excluding tert-OH is 1. The molecule has 7 nitrogen and oxygen atoms in total. The monoisotopic (exact) mass is 357 g/mol. The molecule has 0 spiro atoms. The lowest BCUT2D eigenvalue weighted by Crippen LogP contribution is -2.43. The van der Waals surface area contributed by atoms with Crippen LogP contribution in [0, 0.1) is 17.0 Å². The number of benzene rings is 1. The van der Waals surface area contributed by atoms with Gasteiger partial charge in [-0.05, 0) is 25.3 Å². The summed E-state index contributed by atoms with van der Waals surface area (Å²) < 4.78 is 4.95. The summed E-state index contributed by atoms with van der Waals surface area (Å²) in [6.45, 7) is 4.52. The maximum atomic E-state index is 10.9. The third kappa shape index (κ3) is 5.04. The number of nitrogens with one attached hydrogen (secondary N) is 1. The number of nitrogens with zero attached hydrogens (tertiary/aromatic N) is 2. The maximum Gasteiger partial charge on any atom is 0.271 e. The smallest absolute Gasteiger partial charge is 0.271 e. The summed E-state index contributed by atoms with van der Waals surface area (Å²) in [6, 6.07) is 3.18. The van der Waals surface area contributed by atoms with Crippen molar-refractivity contribution in [2.75, 3.05) is 38.7 Å². The second-order valence-electron chi connectivity index (χ2n) is 6.20. The van der Waals surface area contributed by atoms with Crippen molar-refractivity contribution in [3.63, 3.8) is 0 Å². The van der Waals surface area contributed by atoms with Crippen molar-refractivity contribution in [2.24, 2.45) is 0 Å². The van der Waals surface area contributed by atoms with E-state index in [0.29, 0.717) is 18.2 Å². The van der Waals surface area contributed by atoms with Gasteiger partial charge in [0.05, 0.1) is 28.3 Å². The number of piperidine rings is 1. The molecule has 24 heavy (non-hydrogen) atoms. The highest BCUT2D eigenvalue weighted by Crippen LogP contribution is 2.32. The Bertz CT molecular complexity index is 553. The molecular formula is C16H24ClN3O4. The first-order valence-electron chi connectivity index (χ1n) is 8.01. The fraction of sp³-hybridized carbons (Fsp3) is 0.625. The number of methoxy groups -OCH3 is 1. The molecule has 1 atom stereocenters. The van der Waals surface area contributed by atoms with E-state index >= 15 is 0 Å². The number of ether oxygens (including phenoxy) is 1. The number of halogens is 1. The second kappa shape index (κ2) is 8.62. The van der Waals surface area contributed by atoms with Crippen LogP contribution in [0.4, 0.5) is 11.4 Å². The number of aryl methyl sites for hydroxylation is 1. The summed E-state index contributed by atoms with van der Waals surface area (Å²) in [7, 11) is 1.58. The molecule has 2 rings (SSSR count). The van der Waals surface area contributed by atoms with Crippen LogP contribution >= 0.6 is 11.6 Å². The van der Waals surface area contributed by atoms with E-state index in [4.69, 9.17) is 16.3 Å². The predicted octanol–water partition coefficient (Wildman–Crippen LogP) is 2.44. The van der Waals surface area contributed by atoms with Gasteiger partial charge in [0.15, 0.2) is 0 Å². The summed E-state index contributed by atoms with van der Waals surface area (Å²) >= 11 is 6.21. The number of anilines is 1. The van der Waals surface area contributed by atoms with Crippen LogP contribution in [0.3, 0.4) is 0 Å². The molecule has 0 bridgehead atoms. The van der Waals surface area contributed by atoms with Gasteiger partial charge >= 0.3 is 0 Å². The average Bonchev–Trinajstić information content (AvgIpc) is 2.52. The SMILES string of the molecule is COCC(O)CN1CCC(Nc2c(C)cc([N+](=O)[O-])cc2Cl)CC1. The Morgan fingerprint density at radius 1 is 1.50 bits per heavy atom. The Hall–Kier alpha value is -1.41. The number of rotatable bonds is 7. The molecule has 1 unspecified atom stereocenters. The van der Waals surface area contributed by atoms with Crippen LogP contribution in [0.15, 0.2) is 12.1 Å². The van der Waals surface area contributed by atoms with Crippen molar-refractivity contribution in [3.8, 4) is 0 Å². The fourth-order valence-corrected chi connectivity index (χ4v) is 3.34. The van der Waals surface area contributed by atoms with E-state index in [-0.39, 0.29) is 11.7 Å². The second-order valence-corrected chi connectivity index (χ2v) is 6.61. The van der Waals surface area contributed by atoms with E-state index in [1.807, 2.05) is 6.92 Å². The topological polar surface area (TPSA) is 87.9 Å². The highest BCUT2D eigenvalue weighted by Gasteiger charge is 2.22. The van der Waals surface area contributed by atoms with Gasteiger partial charge in [-0.25, -0.2) is 0 Å². The molecule has 1 heterocycles. The summed E-state index contributed by atoms with van der Waals surface area (Å²) in [4.78, 5) is 12.6. The van der Waals surface area contributed by atoms with Crippen LogP contribution in [-0.2, 0) is 4.74 Å². The molecule has 1 aromatic rings. The highest BCUT2D eigenvalue weighted by atomic mass is 35.5. The maximum absolute atomic E-state index is 10.9. The lowest BCUT2D eigenvalue weighted by Gasteiger charge is -2.34. The van der Waals surface area contributed by atoms with Gasteiger partial charge in [0.1, 0.15) is 0 Å². The van der Waals surface area contributed by atoms with Crippen LogP contribution in [0.1, 0.15) is 18.4 Å². The van der Waals surface area contributed by atoms with Crippen molar-refractivity contribution in [3.05, 3.63) is 32.8 Å². The molecule has 0 amide bonds. The van der Waals surface area contributed by atoms with Gasteiger partial charge in [0.2, 0.25) is 0 Å². The zero-order chi connectivity index (χ0) is 17.7. The first-order valence-corrected chi connectivity index (χ1v) is 8.39. The van der Waals surface area contributed by atoms with Gasteiger partial charge in [-0.3, -0.25) is 10.1 Å². The summed E-state index contributed by atoms with van der Waals surface area (Å²) in [5, 5.41) is 24.4. The van der Waals surface area contributed by atoms with Crippen LogP contribution in [0.2, 0.25) is 5.02 Å². The average molecular weight is 358 g/mol. The molecule has 0 saturated carbocycles. The quantitative estimate of drug-likeness (QED) is 0.575. The van der Waals surface area contributed by atoms with Gasteiger partial charge < -0.3 is 20.1 Å². The van der Waals surface area contributed by atoms with Crippen molar-refractivity contribution < 1.29 is 14.8 Å². The van der Waals surface area contributed by atoms with Gasteiger partial charge in [-0.2, -0.15) is 0 Å². The lowest BCUT2D eigenvalue weighted by atomic mass is 10.0. The Morgan fingerprint density at radius 3 is 2.71 bits per heavy atom. The van der Waals surface area contributed by atoms with Gasteiger partial charge in [0.25, 0.3) is 5.69 Å². The van der Waals surface area contributed by atoms with Crippen LogP contribution in [-0.4, -0.2) is 60.4 Å². The minimum Gasteiger partial charge on any atom is -0.389 e. The Kier molecular flexibility index (Phi) is 6.79. The van der Waals surface area contributed by atoms with Crippen molar-refractivity contribution in [2.45, 2.75) is 31.9 Å². The van der Waals surface area contributed by atoms with Crippen molar-refractivity contribution in [1.82, 2.24) is 4.90 Å². The van der Waals surface area contributed by atoms with Gasteiger partial charge in [-0.15, -0.1) is 0 Å². The largest absolute Gasteiger partial charge is 0.389 e. The minimum absolute atomic E-state index is 0.00463. The van der Waals surface area contributed by atoms with E-state index in [1.54, 1.807) is 7.11 Å². The van der Waals surface area contributed by atoms with E-state index in [0.717, 1.165) is 37.2 Å². The molecule has 0 radical (unpaired) electrons. The predicted molar refractivity (Wildman–Crippen MR) is 93.8 cm³/mol. The molecule has 134 valence electrons. The fourth-order valence-electron chi connectivity index (χ4n) is 3.02. The molecule has 0 aromatic heterocycles. The Morgan fingerprint density at radius 2 is 2.17 bits per heavy atom. The zero-order valence-corrected chi connectivity index (χ0v) is 14.8. The molecule has 2 N–H and O–H groups in total. The molecule has 8 heteroatoms. The van der Waals surface area contributed by atoms with Crippen LogP contribution in [0.5, 0.6) is 0 Å². The highest BCUT2D eigenvalue weighted by molar-refractivity contribution is 6.33. The molecule has 0 aliphatic carbocycles. The molecule has 1 saturated heterocycles. The third-order valence-corrected chi connectivity index (χ3v) is 4.55. The van der Waals surface area contributed by atoms with Crippen LogP contribution < -0.4 is 5.32 Å². The van der Waals surface area contributed by atoms with E-state index < -0.39 is 11.0 Å². The first kappa shape index (κ1) is 18.9. The molecule has 1 aromatic carbocycles. The number of hydrogen-bond acceptors (Lipinski definition) is 6. The summed E-state index contributed by atoms with van der Waals surface area (Å²) in [6.07, 6.45) is 1.38. The van der Waals surface area contributed by atoms with Crippen molar-refractivity contribution in [1.29, 1.82) is 0 Å². The minimum atomic E-state index is -0.467. The molecule has 1 fully saturated rings. The molecular weight excluding hydrogens is 334 g/mol. The zero-order valence-electron chi connectivity index (χ0n) is 14.0. The van der Waals surface area contributed by atoms with E-state index in [1.165, 1.54) is 12.1 Å². The Balaban J connectivity index is 1.91. The first-order chi connectivity index (χ1) is 11.4. The summed E-state index contributed by atoms with van der Waals surface area (Å²) in [5.74, 6) is 0. The number of nitro benzene ring substituents is 1. The number of likely N-dealkylation sites (tertiary alicyclic amines) is 1. The Labute approximate surface area is 146 Å². The lowest BCUT2D eigenvalue weighted by molar-refractivity contribution is -0.384. The van der Waals surface area contributed by atoms with E-state index in [2.05, 4.69) is 10.2 Å². The van der Waals surface area contributed by atoms with E-state index in [9.17, 15) is 15.2 Å². The van der Waals surface area contributed by atoms with Gasteiger partial charge in [-0.1, -0.05) is 11.6 Å².